The zero-order chi connectivity index (χ0) is 21.1. The number of rotatable bonds is 5. The molecule has 3 aromatic rings. The summed E-state index contributed by atoms with van der Waals surface area (Å²) in [7, 11) is 0. The van der Waals surface area contributed by atoms with E-state index in [1.807, 2.05) is 24.3 Å². The second-order valence-corrected chi connectivity index (χ2v) is 7.31. The van der Waals surface area contributed by atoms with Crippen LogP contribution >= 0.6 is 0 Å². The molecule has 0 saturated carbocycles. The van der Waals surface area contributed by atoms with Gasteiger partial charge in [-0.15, -0.1) is 13.2 Å². The van der Waals surface area contributed by atoms with Gasteiger partial charge < -0.3 is 15.0 Å². The Hall–Kier alpha value is -3.07. The van der Waals surface area contributed by atoms with Crippen LogP contribution in [0.15, 0.2) is 48.5 Å². The number of amides is 1. The maximum Gasteiger partial charge on any atom is 0.573 e. The molecule has 9 heteroatoms. The van der Waals surface area contributed by atoms with Crippen LogP contribution in [-0.4, -0.2) is 46.8 Å². The number of fused-ring (bicyclic) bond motifs is 1. The fourth-order valence-electron chi connectivity index (χ4n) is 3.67. The fourth-order valence-corrected chi connectivity index (χ4v) is 3.67. The summed E-state index contributed by atoms with van der Waals surface area (Å²) in [5, 5.41) is 2.70. The summed E-state index contributed by atoms with van der Waals surface area (Å²) in [5.41, 5.74) is 2.41. The number of hydrogen-bond acceptors (Lipinski definition) is 4. The first-order valence-corrected chi connectivity index (χ1v) is 9.68. The van der Waals surface area contributed by atoms with E-state index in [9.17, 15) is 18.0 Å². The molecule has 6 nitrogen and oxygen atoms in total. The molecule has 0 spiro atoms. The molecule has 0 unspecified atom stereocenters. The molecule has 2 heterocycles. The number of piperidine rings is 1. The van der Waals surface area contributed by atoms with E-state index in [0.29, 0.717) is 11.6 Å². The molecule has 1 amide bonds. The summed E-state index contributed by atoms with van der Waals surface area (Å²) < 4.78 is 40.4. The third-order valence-electron chi connectivity index (χ3n) is 5.12. The van der Waals surface area contributed by atoms with E-state index >= 15 is 0 Å². The Bertz CT molecular complexity index is 976. The third-order valence-corrected chi connectivity index (χ3v) is 5.12. The normalized spacial score (nSPS) is 16.0. The third kappa shape index (κ3) is 5.10. The van der Waals surface area contributed by atoms with Crippen molar-refractivity contribution in [3.05, 3.63) is 54.4 Å². The van der Waals surface area contributed by atoms with Crippen molar-refractivity contribution in [1.82, 2.24) is 14.9 Å². The Labute approximate surface area is 171 Å². The second kappa shape index (κ2) is 8.35. The minimum atomic E-state index is -4.74. The lowest BCUT2D eigenvalue weighted by atomic mass is 9.96. The van der Waals surface area contributed by atoms with Gasteiger partial charge in [0.05, 0.1) is 17.6 Å². The van der Waals surface area contributed by atoms with Gasteiger partial charge in [-0.25, -0.2) is 4.98 Å². The molecule has 1 saturated heterocycles. The van der Waals surface area contributed by atoms with Gasteiger partial charge in [0.15, 0.2) is 0 Å². The highest BCUT2D eigenvalue weighted by Gasteiger charge is 2.31. The number of alkyl halides is 3. The van der Waals surface area contributed by atoms with Crippen LogP contribution < -0.4 is 10.1 Å². The van der Waals surface area contributed by atoms with Crippen molar-refractivity contribution in [2.24, 2.45) is 0 Å². The van der Waals surface area contributed by atoms with Crippen molar-refractivity contribution in [2.45, 2.75) is 25.1 Å². The van der Waals surface area contributed by atoms with Gasteiger partial charge in [0.2, 0.25) is 5.91 Å². The Kier molecular flexibility index (Phi) is 5.63. The SMILES string of the molecule is O=C(CN1CCC(c2nc3ccccc3[nH]2)CC1)Nc1ccc(OC(F)(F)F)cc1. The number of nitrogens with one attached hydrogen (secondary N) is 2. The van der Waals surface area contributed by atoms with Gasteiger partial charge in [-0.3, -0.25) is 9.69 Å². The van der Waals surface area contributed by atoms with Crippen molar-refractivity contribution in [3.63, 3.8) is 0 Å². The van der Waals surface area contributed by atoms with Gasteiger partial charge in [-0.05, 0) is 62.3 Å². The van der Waals surface area contributed by atoms with Gasteiger partial charge >= 0.3 is 6.36 Å². The predicted octanol–water partition coefficient (Wildman–Crippen LogP) is 4.28. The maximum absolute atomic E-state index is 12.3. The number of nitrogens with zero attached hydrogens (tertiary/aromatic N) is 2. The average Bonchev–Trinajstić information content (AvgIpc) is 3.13. The molecular formula is C21H21F3N4O2. The van der Waals surface area contributed by atoms with Crippen molar-refractivity contribution in [1.29, 1.82) is 0 Å². The first-order valence-electron chi connectivity index (χ1n) is 9.68. The first-order chi connectivity index (χ1) is 14.4. The predicted molar refractivity (Wildman–Crippen MR) is 106 cm³/mol. The Morgan fingerprint density at radius 2 is 1.83 bits per heavy atom. The Balaban J connectivity index is 1.26. The lowest BCUT2D eigenvalue weighted by Crippen LogP contribution is -2.38. The van der Waals surface area contributed by atoms with Gasteiger partial charge in [0.1, 0.15) is 11.6 Å². The number of carbonyl (C=O) groups excluding carboxylic acids is 1. The molecule has 1 aliphatic heterocycles. The van der Waals surface area contributed by atoms with E-state index in [-0.39, 0.29) is 18.2 Å². The lowest BCUT2D eigenvalue weighted by Gasteiger charge is -2.30. The van der Waals surface area contributed by atoms with Gasteiger partial charge in [0, 0.05) is 11.6 Å². The number of hydrogen-bond donors (Lipinski definition) is 2. The number of H-pyrrole nitrogens is 1. The fraction of sp³-hybridized carbons (Fsp3) is 0.333. The maximum atomic E-state index is 12.3. The number of halogens is 3. The van der Waals surface area contributed by atoms with Gasteiger partial charge in [-0.2, -0.15) is 0 Å². The number of imidazole rings is 1. The van der Waals surface area contributed by atoms with Gasteiger partial charge in [0.25, 0.3) is 0 Å². The molecular weight excluding hydrogens is 397 g/mol. The standard InChI is InChI=1S/C21H21F3N4O2/c22-21(23,24)30-16-7-5-15(6-8-16)25-19(29)13-28-11-9-14(10-12-28)20-26-17-3-1-2-4-18(17)27-20/h1-8,14H,9-13H2,(H,25,29)(H,26,27). The number of ether oxygens (including phenoxy) is 1. The molecule has 1 aliphatic rings. The van der Waals surface area contributed by atoms with Crippen LogP contribution in [0.1, 0.15) is 24.6 Å². The summed E-state index contributed by atoms with van der Waals surface area (Å²) >= 11 is 0. The van der Waals surface area contributed by atoms with Crippen molar-refractivity contribution < 1.29 is 22.7 Å². The number of carbonyl (C=O) groups is 1. The van der Waals surface area contributed by atoms with Crippen LogP contribution in [0.4, 0.5) is 18.9 Å². The van der Waals surface area contributed by atoms with Crippen molar-refractivity contribution in [3.8, 4) is 5.75 Å². The van der Waals surface area contributed by atoms with E-state index in [1.54, 1.807) is 0 Å². The highest BCUT2D eigenvalue weighted by molar-refractivity contribution is 5.92. The van der Waals surface area contributed by atoms with E-state index in [1.165, 1.54) is 24.3 Å². The average molecular weight is 418 g/mol. The number of aromatic amines is 1. The Morgan fingerprint density at radius 3 is 2.50 bits per heavy atom. The molecule has 0 aliphatic carbocycles. The van der Waals surface area contributed by atoms with Crippen molar-refractivity contribution >= 4 is 22.6 Å². The molecule has 0 atom stereocenters. The monoisotopic (exact) mass is 418 g/mol. The molecule has 1 fully saturated rings. The number of anilines is 1. The zero-order valence-corrected chi connectivity index (χ0v) is 16.1. The quantitative estimate of drug-likeness (QED) is 0.649. The van der Waals surface area contributed by atoms with E-state index in [0.717, 1.165) is 42.8 Å². The van der Waals surface area contributed by atoms with Crippen LogP contribution in [0.5, 0.6) is 5.75 Å². The number of benzene rings is 2. The molecule has 158 valence electrons. The topological polar surface area (TPSA) is 70.2 Å². The molecule has 2 N–H and O–H groups in total. The number of para-hydroxylation sites is 2. The molecule has 2 aromatic carbocycles. The van der Waals surface area contributed by atoms with Crippen LogP contribution in [0.3, 0.4) is 0 Å². The van der Waals surface area contributed by atoms with Crippen LogP contribution in [0, 0.1) is 0 Å². The van der Waals surface area contributed by atoms with Crippen molar-refractivity contribution in [2.75, 3.05) is 25.0 Å². The largest absolute Gasteiger partial charge is 0.573 e. The molecule has 30 heavy (non-hydrogen) atoms. The molecule has 1 aromatic heterocycles. The molecule has 0 bridgehead atoms. The lowest BCUT2D eigenvalue weighted by molar-refractivity contribution is -0.274. The highest BCUT2D eigenvalue weighted by Crippen LogP contribution is 2.28. The highest BCUT2D eigenvalue weighted by atomic mass is 19.4. The smallest absolute Gasteiger partial charge is 0.406 e. The van der Waals surface area contributed by atoms with Crippen LogP contribution in [-0.2, 0) is 4.79 Å². The zero-order valence-electron chi connectivity index (χ0n) is 16.1. The summed E-state index contributed by atoms with van der Waals surface area (Å²) in [6.45, 7) is 1.77. The van der Waals surface area contributed by atoms with E-state index in [4.69, 9.17) is 0 Å². The van der Waals surface area contributed by atoms with E-state index in [2.05, 4.69) is 24.9 Å². The first kappa shape index (κ1) is 20.2. The summed E-state index contributed by atoms with van der Waals surface area (Å²) in [5.74, 6) is 0.786. The number of likely N-dealkylation sites (tertiary alicyclic amines) is 1. The second-order valence-electron chi connectivity index (χ2n) is 7.31. The minimum absolute atomic E-state index is 0.207. The Morgan fingerprint density at radius 1 is 1.13 bits per heavy atom. The van der Waals surface area contributed by atoms with Crippen LogP contribution in [0.2, 0.25) is 0 Å². The van der Waals surface area contributed by atoms with Gasteiger partial charge in [-0.1, -0.05) is 12.1 Å². The minimum Gasteiger partial charge on any atom is -0.406 e. The summed E-state index contributed by atoms with van der Waals surface area (Å²) in [6.07, 6.45) is -2.94. The molecule has 4 rings (SSSR count). The van der Waals surface area contributed by atoms with Crippen LogP contribution in [0.25, 0.3) is 11.0 Å². The molecule has 0 radical (unpaired) electrons. The number of aromatic nitrogens is 2. The summed E-state index contributed by atoms with van der Waals surface area (Å²) in [4.78, 5) is 22.4. The summed E-state index contributed by atoms with van der Waals surface area (Å²) in [6, 6.07) is 13.0. The van der Waals surface area contributed by atoms with E-state index < -0.39 is 6.36 Å².